The number of hydrogen-bond acceptors (Lipinski definition) is 12. The van der Waals surface area contributed by atoms with Crippen LogP contribution in [0.3, 0.4) is 0 Å². The molecule has 0 radical (unpaired) electrons. The third kappa shape index (κ3) is 7.90. The van der Waals surface area contributed by atoms with Crippen LogP contribution in [0.15, 0.2) is 51.2 Å². The first-order chi connectivity index (χ1) is 16.7. The molecular weight excluding hydrogens is 472 g/mol. The minimum absolute atomic E-state index is 0.130. The van der Waals surface area contributed by atoms with Crippen LogP contribution in [0.5, 0.6) is 0 Å². The molecule has 2 rings (SSSR count). The maximum Gasteiger partial charge on any atom is 0.322 e. The van der Waals surface area contributed by atoms with E-state index in [-0.39, 0.29) is 10.7 Å². The number of allylic oxidation sites excluding steroid dienone is 2. The van der Waals surface area contributed by atoms with Crippen molar-refractivity contribution in [3.05, 3.63) is 52.1 Å². The number of ether oxygens (including phenoxy) is 2. The number of nitrogen functional groups attached to an aromatic ring is 1. The second-order valence-electron chi connectivity index (χ2n) is 7.07. The summed E-state index contributed by atoms with van der Waals surface area (Å²) in [5, 5.41) is 19.2. The van der Waals surface area contributed by atoms with E-state index in [1.807, 2.05) is 6.07 Å². The number of likely N-dealkylation sites (N-methyl/N-ethyl adjacent to an activating group) is 1. The van der Waals surface area contributed by atoms with E-state index in [1.165, 1.54) is 31.6 Å². The number of thioether (sulfide) groups is 1. The Morgan fingerprint density at radius 3 is 2.57 bits per heavy atom. The summed E-state index contributed by atoms with van der Waals surface area (Å²) in [5.41, 5.74) is 8.38. The predicted octanol–water partition coefficient (Wildman–Crippen LogP) is 1.89. The zero-order valence-corrected chi connectivity index (χ0v) is 21.2. The fourth-order valence-electron chi connectivity index (χ4n) is 2.86. The lowest BCUT2D eigenvalue weighted by Gasteiger charge is -2.17. The zero-order valence-electron chi connectivity index (χ0n) is 20.3. The number of nitrogens with one attached hydrogen (secondary N) is 1. The van der Waals surface area contributed by atoms with Crippen LogP contribution in [0.2, 0.25) is 0 Å². The third-order valence-corrected chi connectivity index (χ3v) is 5.54. The molecule has 3 N–H and O–H groups in total. The zero-order chi connectivity index (χ0) is 26.5. The molecule has 0 saturated heterocycles. The van der Waals surface area contributed by atoms with Crippen LogP contribution in [0.1, 0.15) is 11.1 Å². The summed E-state index contributed by atoms with van der Waals surface area (Å²) in [4.78, 5) is 35.5. The minimum Gasteiger partial charge on any atom is -0.468 e. The van der Waals surface area contributed by atoms with Crippen LogP contribution in [0, 0.1) is 11.3 Å². The molecule has 0 bridgehead atoms. The highest BCUT2D eigenvalue weighted by Crippen LogP contribution is 2.32. The number of nitrogens with zero attached hydrogens (tertiary/aromatic N) is 4. The number of benzene rings is 1. The quantitative estimate of drug-likeness (QED) is 0.129. The van der Waals surface area contributed by atoms with Gasteiger partial charge >= 0.3 is 5.97 Å². The molecule has 0 spiro atoms. The molecule has 0 aromatic heterocycles. The van der Waals surface area contributed by atoms with Crippen molar-refractivity contribution in [2.24, 2.45) is 16.1 Å². The van der Waals surface area contributed by atoms with E-state index in [4.69, 9.17) is 11.1 Å². The largest absolute Gasteiger partial charge is 0.468 e. The molecule has 0 aliphatic carbocycles. The Bertz CT molecular complexity index is 1050. The average molecular weight is 503 g/mol. The summed E-state index contributed by atoms with van der Waals surface area (Å²) < 4.78 is 8.91. The molecule has 1 atom stereocenters. The van der Waals surface area contributed by atoms with Gasteiger partial charge in [-0.3, -0.25) is 19.6 Å². The van der Waals surface area contributed by atoms with Crippen molar-refractivity contribution in [3.8, 4) is 0 Å². The number of hydrazone groups is 2. The van der Waals surface area contributed by atoms with Crippen LogP contribution in [0.4, 0.5) is 5.69 Å². The number of methoxy groups -OCH3 is 2. The smallest absolute Gasteiger partial charge is 0.322 e. The summed E-state index contributed by atoms with van der Waals surface area (Å²) in [5.74, 6) is -2.00. The molecule has 1 unspecified atom stereocenters. The van der Waals surface area contributed by atoms with Gasteiger partial charge in [-0.25, -0.2) is 0 Å². The minimum atomic E-state index is -1.24. The highest BCUT2D eigenvalue weighted by atomic mass is 32.2. The Kier molecular flexibility index (Phi) is 12.1. The van der Waals surface area contributed by atoms with Crippen LogP contribution in [-0.2, 0) is 30.4 Å². The van der Waals surface area contributed by atoms with E-state index in [9.17, 15) is 14.4 Å². The number of carbonyl (C=O) groups excluding carboxylic acids is 3. The Balaban J connectivity index is 0.00000194. The van der Waals surface area contributed by atoms with Gasteiger partial charge < -0.3 is 25.4 Å². The molecule has 1 aliphatic heterocycles. The summed E-state index contributed by atoms with van der Waals surface area (Å²) in [6.07, 6.45) is 3.67. The molecule has 0 fully saturated rings. The monoisotopic (exact) mass is 502 g/mol. The molecule has 12 heteroatoms. The van der Waals surface area contributed by atoms with Crippen LogP contribution in [0.25, 0.3) is 0 Å². The van der Waals surface area contributed by atoms with E-state index in [0.29, 0.717) is 40.8 Å². The third-order valence-electron chi connectivity index (χ3n) is 4.53. The van der Waals surface area contributed by atoms with Gasteiger partial charge in [0.25, 0.3) is 0 Å². The first kappa shape index (κ1) is 29.3. The lowest BCUT2D eigenvalue weighted by molar-refractivity contribution is -0.144. The van der Waals surface area contributed by atoms with Gasteiger partial charge in [-0.1, -0.05) is 30.5 Å². The van der Waals surface area contributed by atoms with Crippen LogP contribution >= 0.6 is 11.8 Å². The number of hydrogen-bond donors (Lipinski definition) is 2. The van der Waals surface area contributed by atoms with Crippen molar-refractivity contribution in [1.29, 1.82) is 5.41 Å². The van der Waals surface area contributed by atoms with Gasteiger partial charge in [0.05, 0.1) is 19.9 Å². The Morgan fingerprint density at radius 1 is 1.37 bits per heavy atom. The number of carbonyl (C=O) groups is 3. The van der Waals surface area contributed by atoms with Crippen LogP contribution < -0.4 is 5.73 Å². The molecule has 1 aromatic rings. The molecule has 188 valence electrons. The van der Waals surface area contributed by atoms with E-state index in [1.54, 1.807) is 38.4 Å². The van der Waals surface area contributed by atoms with Gasteiger partial charge in [-0.05, 0) is 11.6 Å². The molecular formula is C23H30N6O5S. The van der Waals surface area contributed by atoms with Crippen molar-refractivity contribution >= 4 is 53.5 Å². The maximum atomic E-state index is 11.9. The lowest BCUT2D eigenvalue weighted by Crippen LogP contribution is -2.26. The number of esters is 1. The van der Waals surface area contributed by atoms with Crippen molar-refractivity contribution in [2.45, 2.75) is 6.54 Å². The molecule has 11 nitrogen and oxygen atoms in total. The Labute approximate surface area is 208 Å². The maximum absolute atomic E-state index is 11.9. The van der Waals surface area contributed by atoms with E-state index >= 15 is 0 Å². The molecule has 1 aliphatic rings. The van der Waals surface area contributed by atoms with E-state index in [0.717, 1.165) is 17.3 Å². The molecule has 1 aromatic carbocycles. The Hall–Kier alpha value is -3.77. The fraction of sp³-hybridized carbons (Fsp3) is 0.304. The average Bonchev–Trinajstić information content (AvgIpc) is 2.93. The summed E-state index contributed by atoms with van der Waals surface area (Å²) in [6, 6.07) is 5.36. The molecule has 0 saturated carbocycles. The Morgan fingerprint density at radius 2 is 2.03 bits per heavy atom. The van der Waals surface area contributed by atoms with Crippen LogP contribution in [-0.4, -0.2) is 81.5 Å². The number of nitrogens with two attached hydrogens (primary N) is 1. The van der Waals surface area contributed by atoms with E-state index < -0.39 is 11.9 Å². The SMILES string of the molecule is C=C1SC(C(C=O)C(=O)OC)=NN(C)C(C=O)=C1/C=N\N(C)Cc1cccc(N)c1C=N.COC. The van der Waals surface area contributed by atoms with Crippen molar-refractivity contribution in [2.75, 3.05) is 41.2 Å². The molecule has 0 amide bonds. The highest BCUT2D eigenvalue weighted by Gasteiger charge is 2.30. The van der Waals surface area contributed by atoms with Gasteiger partial charge in [0.2, 0.25) is 0 Å². The number of anilines is 1. The van der Waals surface area contributed by atoms with Gasteiger partial charge in [0.1, 0.15) is 17.0 Å². The predicted molar refractivity (Wildman–Crippen MR) is 138 cm³/mol. The highest BCUT2D eigenvalue weighted by molar-refractivity contribution is 8.17. The van der Waals surface area contributed by atoms with Gasteiger partial charge in [-0.2, -0.15) is 10.2 Å². The number of aldehydes is 2. The van der Waals surface area contributed by atoms with Gasteiger partial charge in [-0.15, -0.1) is 0 Å². The van der Waals surface area contributed by atoms with Crippen molar-refractivity contribution < 1.29 is 23.9 Å². The van der Waals surface area contributed by atoms with Gasteiger partial charge in [0, 0.05) is 56.3 Å². The van der Waals surface area contributed by atoms with Gasteiger partial charge in [0.15, 0.2) is 12.2 Å². The lowest BCUT2D eigenvalue weighted by atomic mass is 10.1. The summed E-state index contributed by atoms with van der Waals surface area (Å²) in [7, 11) is 7.67. The second-order valence-corrected chi connectivity index (χ2v) is 8.19. The summed E-state index contributed by atoms with van der Waals surface area (Å²) in [6.45, 7) is 4.32. The van der Waals surface area contributed by atoms with Crippen molar-refractivity contribution in [1.82, 2.24) is 10.0 Å². The molecule has 35 heavy (non-hydrogen) atoms. The topological polar surface area (TPSA) is 151 Å². The number of rotatable bonds is 9. The standard InChI is InChI=1S/C21H24N6O4S.C2H6O/c1-13-16(9-24-26(2)10-14-6-5-7-18(23)15(14)8-22)19(12-29)27(3)25-20(32-13)17(11-28)21(30)31-4;1-3-2/h5-9,11-12,17,22H,1,10,23H2,2-4H3;1-2H3/b22-8?,24-9-;. The first-order valence-corrected chi connectivity index (χ1v) is 11.0. The fourth-order valence-corrected chi connectivity index (χ4v) is 3.82. The second kappa shape index (κ2) is 14.5. The molecule has 1 heterocycles. The van der Waals surface area contributed by atoms with E-state index in [2.05, 4.69) is 26.3 Å². The summed E-state index contributed by atoms with van der Waals surface area (Å²) >= 11 is 0.987. The first-order valence-electron chi connectivity index (χ1n) is 10.1. The van der Waals surface area contributed by atoms with Crippen molar-refractivity contribution in [3.63, 3.8) is 0 Å². The normalized spacial score (nSPS) is 14.4.